The number of hydrogen-bond acceptors (Lipinski definition) is 1. The van der Waals surface area contributed by atoms with E-state index in [1.807, 2.05) is 6.20 Å². The first kappa shape index (κ1) is 19.3. The predicted molar refractivity (Wildman–Crippen MR) is 122 cm³/mol. The Bertz CT molecular complexity index is 1200. The van der Waals surface area contributed by atoms with Crippen LogP contribution in [0.3, 0.4) is 0 Å². The van der Waals surface area contributed by atoms with E-state index in [2.05, 4.69) is 101 Å². The highest BCUT2D eigenvalue weighted by atomic mass is 14.9. The summed E-state index contributed by atoms with van der Waals surface area (Å²) in [5, 5.41) is 1.23. The van der Waals surface area contributed by atoms with Gasteiger partial charge in [0.05, 0.1) is 11.1 Å². The summed E-state index contributed by atoms with van der Waals surface area (Å²) in [5.41, 5.74) is 11.1. The largest absolute Gasteiger partial charge is 0.256 e. The Morgan fingerprint density at radius 2 is 1.62 bits per heavy atom. The van der Waals surface area contributed by atoms with Gasteiger partial charge in [0.15, 0.2) is 0 Å². The third-order valence-corrected chi connectivity index (χ3v) is 6.01. The summed E-state index contributed by atoms with van der Waals surface area (Å²) in [6.07, 6.45) is 2.02. The number of pyridine rings is 2. The summed E-state index contributed by atoms with van der Waals surface area (Å²) in [6.45, 7) is 11.0. The van der Waals surface area contributed by atoms with Crippen LogP contribution in [0.4, 0.5) is 0 Å². The zero-order valence-electron chi connectivity index (χ0n) is 18.2. The lowest BCUT2D eigenvalue weighted by Crippen LogP contribution is -2.32. The zero-order valence-corrected chi connectivity index (χ0v) is 18.2. The van der Waals surface area contributed by atoms with Gasteiger partial charge in [0.25, 0.3) is 0 Å². The average molecular weight is 382 g/mol. The fraction of sp³-hybridized carbons (Fsp3) is 0.259. The van der Waals surface area contributed by atoms with Crippen LogP contribution in [0.2, 0.25) is 0 Å². The molecular formula is C27H29N2+. The van der Waals surface area contributed by atoms with Gasteiger partial charge in [-0.05, 0) is 61.6 Å². The number of rotatable bonds is 3. The summed E-state index contributed by atoms with van der Waals surface area (Å²) < 4.78 is 2.31. The molecule has 4 rings (SSSR count). The fourth-order valence-electron chi connectivity index (χ4n) is 4.12. The quantitative estimate of drug-likeness (QED) is 0.373. The van der Waals surface area contributed by atoms with Crippen LogP contribution in [0.5, 0.6) is 0 Å². The van der Waals surface area contributed by atoms with E-state index in [4.69, 9.17) is 4.98 Å². The van der Waals surface area contributed by atoms with E-state index in [0.29, 0.717) is 5.92 Å². The lowest BCUT2D eigenvalue weighted by Gasteiger charge is -2.13. The molecule has 0 saturated carbocycles. The molecule has 0 aliphatic rings. The molecule has 0 atom stereocenters. The second-order valence-electron chi connectivity index (χ2n) is 8.41. The van der Waals surface area contributed by atoms with Crippen molar-refractivity contribution in [1.29, 1.82) is 0 Å². The van der Waals surface area contributed by atoms with Gasteiger partial charge in [-0.2, -0.15) is 4.57 Å². The highest BCUT2D eigenvalue weighted by molar-refractivity contribution is 5.93. The maximum Gasteiger partial charge on any atom is 0.213 e. The van der Waals surface area contributed by atoms with Crippen LogP contribution in [0.1, 0.15) is 42.0 Å². The van der Waals surface area contributed by atoms with E-state index in [9.17, 15) is 0 Å². The van der Waals surface area contributed by atoms with E-state index in [1.165, 1.54) is 50.0 Å². The van der Waals surface area contributed by atoms with Crippen molar-refractivity contribution in [3.8, 4) is 22.5 Å². The minimum Gasteiger partial charge on any atom is -0.256 e. The molecule has 2 aromatic carbocycles. The van der Waals surface area contributed by atoms with E-state index < -0.39 is 0 Å². The molecule has 0 saturated heterocycles. The van der Waals surface area contributed by atoms with E-state index >= 15 is 0 Å². The van der Waals surface area contributed by atoms with Crippen LogP contribution in [-0.4, -0.2) is 4.98 Å². The molecule has 29 heavy (non-hydrogen) atoms. The van der Waals surface area contributed by atoms with Crippen LogP contribution in [-0.2, 0) is 7.05 Å². The monoisotopic (exact) mass is 381 g/mol. The third-order valence-electron chi connectivity index (χ3n) is 6.01. The van der Waals surface area contributed by atoms with Crippen molar-refractivity contribution in [1.82, 2.24) is 4.98 Å². The van der Waals surface area contributed by atoms with Gasteiger partial charge in [0, 0.05) is 29.5 Å². The maximum absolute atomic E-state index is 4.83. The van der Waals surface area contributed by atoms with Gasteiger partial charge in [-0.25, -0.2) is 0 Å². The molecule has 0 fully saturated rings. The summed E-state index contributed by atoms with van der Waals surface area (Å²) >= 11 is 0. The molecule has 2 heterocycles. The number of fused-ring (bicyclic) bond motifs is 1. The Hall–Kier alpha value is -3.00. The summed E-state index contributed by atoms with van der Waals surface area (Å²) in [6, 6.07) is 19.8. The molecule has 2 heteroatoms. The molecule has 0 unspecified atom stereocenters. The molecule has 0 radical (unpaired) electrons. The number of aromatic nitrogens is 2. The molecule has 2 nitrogen and oxygen atoms in total. The van der Waals surface area contributed by atoms with Gasteiger partial charge in [-0.1, -0.05) is 43.7 Å². The topological polar surface area (TPSA) is 16.8 Å². The Kier molecular flexibility index (Phi) is 4.96. The summed E-state index contributed by atoms with van der Waals surface area (Å²) in [4.78, 5) is 4.83. The van der Waals surface area contributed by atoms with Crippen LogP contribution in [0.25, 0.3) is 33.4 Å². The predicted octanol–water partition coefficient (Wildman–Crippen LogP) is 6.44. The van der Waals surface area contributed by atoms with Crippen LogP contribution in [0.15, 0.2) is 60.8 Å². The first-order valence-electron chi connectivity index (χ1n) is 10.3. The van der Waals surface area contributed by atoms with Gasteiger partial charge in [-0.15, -0.1) is 0 Å². The normalized spacial score (nSPS) is 11.4. The van der Waals surface area contributed by atoms with Crippen molar-refractivity contribution in [2.75, 3.05) is 0 Å². The maximum atomic E-state index is 4.83. The molecule has 0 aliphatic heterocycles. The third kappa shape index (κ3) is 3.44. The Labute approximate surface area is 173 Å². The number of benzene rings is 2. The summed E-state index contributed by atoms with van der Waals surface area (Å²) in [5.74, 6) is 0.482. The number of para-hydroxylation sites is 1. The molecule has 0 amide bonds. The lowest BCUT2D eigenvalue weighted by atomic mass is 9.94. The Balaban J connectivity index is 2.02. The minimum absolute atomic E-state index is 0.482. The number of hydrogen-bond donors (Lipinski definition) is 0. The minimum atomic E-state index is 0.482. The fourth-order valence-corrected chi connectivity index (χ4v) is 4.12. The Morgan fingerprint density at radius 3 is 2.31 bits per heavy atom. The molecule has 4 aromatic rings. The SMILES string of the molecule is Cc1cc(C)c(C)c(-c2cc(-c3ccc(C(C)C)cn3)c3ccccc3[n+]2C)c1. The van der Waals surface area contributed by atoms with Crippen molar-refractivity contribution >= 4 is 10.9 Å². The molecule has 0 bridgehead atoms. The molecule has 0 N–H and O–H groups in total. The first-order valence-corrected chi connectivity index (χ1v) is 10.3. The second kappa shape index (κ2) is 7.44. The average Bonchev–Trinajstić information content (AvgIpc) is 2.71. The van der Waals surface area contributed by atoms with Crippen molar-refractivity contribution < 1.29 is 4.57 Å². The van der Waals surface area contributed by atoms with Crippen LogP contribution in [0, 0.1) is 20.8 Å². The van der Waals surface area contributed by atoms with Gasteiger partial charge >= 0.3 is 0 Å². The van der Waals surface area contributed by atoms with Crippen molar-refractivity contribution in [2.45, 2.75) is 40.5 Å². The molecular weight excluding hydrogens is 352 g/mol. The molecule has 2 aromatic heterocycles. The van der Waals surface area contributed by atoms with E-state index in [-0.39, 0.29) is 0 Å². The summed E-state index contributed by atoms with van der Waals surface area (Å²) in [7, 11) is 2.16. The van der Waals surface area contributed by atoms with Gasteiger partial charge < -0.3 is 0 Å². The lowest BCUT2D eigenvalue weighted by molar-refractivity contribution is -0.633. The van der Waals surface area contributed by atoms with Crippen LogP contribution >= 0.6 is 0 Å². The number of nitrogens with zero attached hydrogens (tertiary/aromatic N) is 2. The van der Waals surface area contributed by atoms with Gasteiger partial charge in [0.1, 0.15) is 7.05 Å². The van der Waals surface area contributed by atoms with Crippen molar-refractivity contribution in [2.24, 2.45) is 7.05 Å². The number of aryl methyl sites for hydroxylation is 3. The van der Waals surface area contributed by atoms with Crippen molar-refractivity contribution in [3.05, 3.63) is 83.0 Å². The molecule has 146 valence electrons. The molecule has 0 spiro atoms. The highest BCUT2D eigenvalue weighted by Crippen LogP contribution is 2.32. The highest BCUT2D eigenvalue weighted by Gasteiger charge is 2.21. The van der Waals surface area contributed by atoms with Crippen molar-refractivity contribution in [3.63, 3.8) is 0 Å². The van der Waals surface area contributed by atoms with E-state index in [1.54, 1.807) is 0 Å². The van der Waals surface area contributed by atoms with Crippen LogP contribution < -0.4 is 4.57 Å². The van der Waals surface area contributed by atoms with E-state index in [0.717, 1.165) is 5.69 Å². The standard InChI is InChI=1S/C27H29N2/c1-17(2)21-11-12-25(28-16-21)24-15-27(23-14-18(3)13-19(4)20(23)5)29(6)26-10-8-7-9-22(24)26/h7-17H,1-6H3/q+1. The first-order chi connectivity index (χ1) is 13.9. The zero-order chi connectivity index (χ0) is 20.7. The smallest absolute Gasteiger partial charge is 0.213 e. The molecule has 0 aliphatic carbocycles. The van der Waals surface area contributed by atoms with Gasteiger partial charge in [-0.3, -0.25) is 4.98 Å². The van der Waals surface area contributed by atoms with Gasteiger partial charge in [0.2, 0.25) is 11.2 Å². The Morgan fingerprint density at radius 1 is 0.862 bits per heavy atom. The second-order valence-corrected chi connectivity index (χ2v) is 8.41.